The van der Waals surface area contributed by atoms with Crippen LogP contribution in [0.15, 0.2) is 84.9 Å². The zero-order valence-corrected chi connectivity index (χ0v) is 47.9. The lowest BCUT2D eigenvalue weighted by Crippen LogP contribution is -2.58. The maximum atomic E-state index is 15.0. The number of fused-ring (bicyclic) bond motifs is 5. The number of nitrogens with zero attached hydrogens (tertiary/aromatic N) is 2. The molecule has 2 aliphatic rings. The van der Waals surface area contributed by atoms with E-state index in [0.717, 1.165) is 35.3 Å². The van der Waals surface area contributed by atoms with E-state index < -0.39 is 95.6 Å². The first-order valence-corrected chi connectivity index (χ1v) is 28.2. The smallest absolute Gasteiger partial charge is 0.507 e. The predicted molar refractivity (Wildman–Crippen MR) is 307 cm³/mol. The molecule has 10 N–H and O–H groups in total. The van der Waals surface area contributed by atoms with E-state index >= 15 is 0 Å². The number of unbranched alkanes of at least 4 members (excludes halogenated alkanes) is 2. The first-order valence-electron chi connectivity index (χ1n) is 28.2. The number of phenols is 1. The molecule has 82 heavy (non-hydrogen) atoms. The molecule has 0 aliphatic carbocycles. The summed E-state index contributed by atoms with van der Waals surface area (Å²) in [5.74, 6) is -6.72. The molecule has 0 spiro atoms. The highest BCUT2D eigenvalue weighted by atomic mass is 16.7. The number of aromatic hydroxyl groups is 1. The molecule has 440 valence electrons. The van der Waals surface area contributed by atoms with Crippen LogP contribution in [0.1, 0.15) is 120 Å². The van der Waals surface area contributed by atoms with E-state index in [2.05, 4.69) is 57.8 Å². The van der Waals surface area contributed by atoms with Crippen molar-refractivity contribution in [2.45, 2.75) is 136 Å². The normalized spacial score (nSPS) is 18.1. The summed E-state index contributed by atoms with van der Waals surface area (Å²) in [7, 11) is 1.35. The lowest BCUT2D eigenvalue weighted by molar-refractivity contribution is -0.143. The molecule has 4 bridgehead atoms. The van der Waals surface area contributed by atoms with Gasteiger partial charge >= 0.3 is 6.16 Å². The Hall–Kier alpha value is -8.33. The number of benzene rings is 4. The Morgan fingerprint density at radius 1 is 0.841 bits per heavy atom. The van der Waals surface area contributed by atoms with Gasteiger partial charge in [-0.15, -0.1) is 0 Å². The van der Waals surface area contributed by atoms with Crippen LogP contribution < -0.4 is 42.8 Å². The Morgan fingerprint density at radius 2 is 1.54 bits per heavy atom. The molecule has 1 unspecified atom stereocenters. The number of primary amides is 1. The molecule has 2 heterocycles. The summed E-state index contributed by atoms with van der Waals surface area (Å²) in [6.45, 7) is 10.7. The van der Waals surface area contributed by atoms with E-state index in [1.54, 1.807) is 19.1 Å². The summed E-state index contributed by atoms with van der Waals surface area (Å²) in [6, 6.07) is 16.5. The van der Waals surface area contributed by atoms with Gasteiger partial charge < -0.3 is 62.4 Å². The molecular weight excluding hydrogens is 1050 g/mol. The third-order valence-electron chi connectivity index (χ3n) is 14.6. The number of ether oxygens (including phenoxy) is 2. The maximum absolute atomic E-state index is 15.0. The standard InChI is InChI=1S/C61H79N9O12/c1-8-9-13-39-16-19-41(20-17-39)42-21-23-43(24-22-42)56(75)64-33-36(4)54(73)67-47(14-10-11-28-62)60(79)69(7)52-44-25-27-51(82-61(80)81-34-35(2)3)46(32-44)45-30-40(18-26-50(45)71)31-48(68-55(74)37(5)65-58(52)77)57(76)66-38(6)59(78)70-29-12-15-49(70)53(63)72/h16-27,30,32,35-38,47-49,52,71H,8-15,28-29,31,33-34,62H2,1-7H3,(H2,63,72)(H,64,75)(H,65,77)(H,66,76)(H,67,73)(H,68,74)/t36-,37+,38+,47+,48+,49+,52?/m1/s1. The van der Waals surface area contributed by atoms with E-state index in [9.17, 15) is 48.3 Å². The van der Waals surface area contributed by atoms with Crippen molar-refractivity contribution in [3.05, 3.63) is 107 Å². The highest BCUT2D eigenvalue weighted by Gasteiger charge is 2.39. The van der Waals surface area contributed by atoms with Crippen molar-refractivity contribution < 1.29 is 57.7 Å². The predicted octanol–water partition coefficient (Wildman–Crippen LogP) is 4.95. The molecule has 6 rings (SSSR count). The lowest BCUT2D eigenvalue weighted by Gasteiger charge is -2.33. The molecule has 4 aromatic carbocycles. The van der Waals surface area contributed by atoms with Gasteiger partial charge in [-0.3, -0.25) is 38.4 Å². The van der Waals surface area contributed by atoms with Crippen molar-refractivity contribution in [3.8, 4) is 33.8 Å². The summed E-state index contributed by atoms with van der Waals surface area (Å²) >= 11 is 0. The average molecular weight is 1130 g/mol. The number of carbonyl (C=O) groups is 9. The van der Waals surface area contributed by atoms with Crippen LogP contribution >= 0.6 is 0 Å². The quantitative estimate of drug-likeness (QED) is 0.0294. The van der Waals surface area contributed by atoms with Gasteiger partial charge in [0.05, 0.1) is 12.5 Å². The van der Waals surface area contributed by atoms with E-state index in [1.807, 2.05) is 26.0 Å². The van der Waals surface area contributed by atoms with Crippen molar-refractivity contribution >= 4 is 53.4 Å². The molecule has 1 fully saturated rings. The fourth-order valence-electron chi connectivity index (χ4n) is 9.83. The fourth-order valence-corrected chi connectivity index (χ4v) is 9.83. The molecule has 8 amide bonds. The summed E-state index contributed by atoms with van der Waals surface area (Å²) < 4.78 is 11.0. The van der Waals surface area contributed by atoms with Gasteiger partial charge in [0.15, 0.2) is 0 Å². The minimum Gasteiger partial charge on any atom is -0.507 e. The van der Waals surface area contributed by atoms with Crippen LogP contribution in [0.2, 0.25) is 0 Å². The number of phenolic OH excluding ortho intramolecular Hbond substituents is 1. The molecule has 7 atom stereocenters. The minimum atomic E-state index is -1.57. The van der Waals surface area contributed by atoms with Crippen LogP contribution in [0.4, 0.5) is 4.79 Å². The Labute approximate surface area is 479 Å². The van der Waals surface area contributed by atoms with Crippen molar-refractivity contribution in [2.24, 2.45) is 23.3 Å². The number of nitrogens with one attached hydrogen (secondary N) is 5. The zero-order valence-electron chi connectivity index (χ0n) is 47.9. The number of rotatable bonds is 22. The Kier molecular flexibility index (Phi) is 22.5. The minimum absolute atomic E-state index is 0.0176. The number of likely N-dealkylation sites (N-methyl/N-ethyl adjacent to an activating group) is 1. The monoisotopic (exact) mass is 1130 g/mol. The molecule has 21 heteroatoms. The SMILES string of the molecule is CCCCc1ccc(-c2ccc(C(=O)NC[C@@H](C)C(=O)N[C@@H](CCCCN)C(=O)N(C)C3C(=O)N[C@@H](C)C(=O)N[C@H](C(=O)N[C@@H](C)C(=O)N4CCC[C@H]4C(N)=O)Cc4ccc(O)c(c4)-c4cc3ccc4OC(=O)OCC(C)C)cc2)cc1. The summed E-state index contributed by atoms with van der Waals surface area (Å²) in [4.78, 5) is 127. The number of carbonyl (C=O) groups excluding carboxylic acids is 9. The molecule has 0 saturated carbocycles. The summed E-state index contributed by atoms with van der Waals surface area (Å²) in [6.07, 6.45) is 3.84. The van der Waals surface area contributed by atoms with Gasteiger partial charge in [0.2, 0.25) is 41.4 Å². The first kappa shape index (κ1) is 62.9. The zero-order chi connectivity index (χ0) is 59.8. The molecule has 2 aliphatic heterocycles. The van der Waals surface area contributed by atoms with Crippen molar-refractivity contribution in [2.75, 3.05) is 33.3 Å². The Morgan fingerprint density at radius 3 is 2.20 bits per heavy atom. The summed E-state index contributed by atoms with van der Waals surface area (Å²) in [5.41, 5.74) is 15.7. The number of amides is 8. The van der Waals surface area contributed by atoms with E-state index in [-0.39, 0.29) is 73.2 Å². The largest absolute Gasteiger partial charge is 0.513 e. The van der Waals surface area contributed by atoms with Gasteiger partial charge in [-0.05, 0) is 135 Å². The van der Waals surface area contributed by atoms with Crippen LogP contribution in [0.25, 0.3) is 22.3 Å². The second kappa shape index (κ2) is 29.4. The van der Waals surface area contributed by atoms with Crippen molar-refractivity contribution in [1.29, 1.82) is 0 Å². The van der Waals surface area contributed by atoms with E-state index in [1.165, 1.54) is 67.8 Å². The molecule has 0 radical (unpaired) electrons. The number of likely N-dealkylation sites (tertiary alicyclic amines) is 1. The number of nitrogens with two attached hydrogens (primary N) is 2. The van der Waals surface area contributed by atoms with Crippen LogP contribution in [0, 0.1) is 11.8 Å². The highest BCUT2D eigenvalue weighted by Crippen LogP contribution is 2.40. The second-order valence-corrected chi connectivity index (χ2v) is 21.7. The number of hydrogen-bond donors (Lipinski definition) is 8. The van der Waals surface area contributed by atoms with Gasteiger partial charge in [0.1, 0.15) is 47.8 Å². The molecular formula is C61H79N9O12. The molecule has 21 nitrogen and oxygen atoms in total. The molecule has 4 aromatic rings. The van der Waals surface area contributed by atoms with E-state index in [0.29, 0.717) is 36.8 Å². The Bertz CT molecular complexity index is 2950. The van der Waals surface area contributed by atoms with Gasteiger partial charge in [0.25, 0.3) is 5.91 Å². The maximum Gasteiger partial charge on any atom is 0.513 e. The van der Waals surface area contributed by atoms with Crippen LogP contribution in [0.5, 0.6) is 11.5 Å². The summed E-state index contributed by atoms with van der Waals surface area (Å²) in [5, 5.41) is 25.2. The van der Waals surface area contributed by atoms with Gasteiger partial charge in [-0.1, -0.05) is 82.6 Å². The molecule has 0 aromatic heterocycles. The highest BCUT2D eigenvalue weighted by molar-refractivity contribution is 5.98. The number of aryl methyl sites for hydroxylation is 1. The van der Waals surface area contributed by atoms with Crippen LogP contribution in [0.3, 0.4) is 0 Å². The number of hydrogen-bond acceptors (Lipinski definition) is 13. The fraction of sp³-hybridized carbons (Fsp3) is 0.459. The third kappa shape index (κ3) is 16.6. The van der Waals surface area contributed by atoms with Gasteiger partial charge in [-0.25, -0.2) is 4.79 Å². The van der Waals surface area contributed by atoms with Crippen LogP contribution in [-0.4, -0.2) is 132 Å². The van der Waals surface area contributed by atoms with E-state index in [4.69, 9.17) is 20.9 Å². The first-order chi connectivity index (χ1) is 39.1. The van der Waals surface area contributed by atoms with Gasteiger partial charge in [0, 0.05) is 43.2 Å². The van der Waals surface area contributed by atoms with Crippen molar-refractivity contribution in [1.82, 2.24) is 36.4 Å². The van der Waals surface area contributed by atoms with Crippen molar-refractivity contribution in [3.63, 3.8) is 0 Å². The molecule has 1 saturated heterocycles. The third-order valence-corrected chi connectivity index (χ3v) is 14.6. The second-order valence-electron chi connectivity index (χ2n) is 21.7. The van der Waals surface area contributed by atoms with Crippen LogP contribution in [-0.2, 0) is 51.1 Å². The lowest BCUT2D eigenvalue weighted by atomic mass is 9.93. The Balaban J connectivity index is 1.28. The average Bonchev–Trinajstić information content (AvgIpc) is 4.02. The van der Waals surface area contributed by atoms with Gasteiger partial charge in [-0.2, -0.15) is 0 Å². The topological polar surface area (TPSA) is 311 Å².